The van der Waals surface area contributed by atoms with Gasteiger partial charge in [0, 0.05) is 37.8 Å². The molecule has 2 fully saturated rings. The predicted molar refractivity (Wildman–Crippen MR) is 77.9 cm³/mol. The molecule has 1 aromatic rings. The number of benzene rings is 1. The molecule has 0 amide bonds. The van der Waals surface area contributed by atoms with Crippen molar-refractivity contribution in [2.75, 3.05) is 13.1 Å². The van der Waals surface area contributed by atoms with Crippen molar-refractivity contribution in [3.63, 3.8) is 0 Å². The number of nitro benzene ring substituents is 1. The van der Waals surface area contributed by atoms with Crippen LogP contribution in [0.2, 0.25) is 5.02 Å². The zero-order chi connectivity index (χ0) is 14.1. The van der Waals surface area contributed by atoms with Gasteiger partial charge in [-0.2, -0.15) is 0 Å². The average Bonchev–Trinajstić information content (AvgIpc) is 2.74. The summed E-state index contributed by atoms with van der Waals surface area (Å²) in [5.74, 6) is 0. The molecule has 108 valence electrons. The minimum absolute atomic E-state index is 0.00126. The van der Waals surface area contributed by atoms with Crippen molar-refractivity contribution in [1.82, 2.24) is 10.2 Å². The number of rotatable bonds is 3. The molecule has 0 saturated carbocycles. The van der Waals surface area contributed by atoms with Crippen molar-refractivity contribution < 1.29 is 4.92 Å². The lowest BCUT2D eigenvalue weighted by molar-refractivity contribution is -0.384. The number of hydrogen-bond donors (Lipinski definition) is 1. The largest absolute Gasteiger partial charge is 0.310 e. The van der Waals surface area contributed by atoms with Crippen LogP contribution in [0.5, 0.6) is 0 Å². The maximum atomic E-state index is 10.9. The van der Waals surface area contributed by atoms with E-state index in [-0.39, 0.29) is 10.7 Å². The molecule has 2 unspecified atom stereocenters. The van der Waals surface area contributed by atoms with Crippen molar-refractivity contribution in [2.45, 2.75) is 37.9 Å². The summed E-state index contributed by atoms with van der Waals surface area (Å²) in [5, 5.41) is 14.8. The summed E-state index contributed by atoms with van der Waals surface area (Å²) in [6, 6.07) is 6.33. The topological polar surface area (TPSA) is 58.4 Å². The third kappa shape index (κ3) is 2.95. The van der Waals surface area contributed by atoms with Crippen molar-refractivity contribution in [3.8, 4) is 0 Å². The molecule has 5 nitrogen and oxygen atoms in total. The molecule has 6 heteroatoms. The summed E-state index contributed by atoms with van der Waals surface area (Å²) in [6.07, 6.45) is 3.68. The molecule has 2 aliphatic heterocycles. The molecular formula is C14H18ClN3O2. The van der Waals surface area contributed by atoms with Crippen LogP contribution in [0.1, 0.15) is 24.8 Å². The van der Waals surface area contributed by atoms with E-state index < -0.39 is 4.92 Å². The predicted octanol–water partition coefficient (Wildman–Crippen LogP) is 2.57. The van der Waals surface area contributed by atoms with Crippen LogP contribution in [-0.4, -0.2) is 35.0 Å². The van der Waals surface area contributed by atoms with Crippen LogP contribution in [0, 0.1) is 10.1 Å². The summed E-state index contributed by atoms with van der Waals surface area (Å²) in [6.45, 7) is 2.82. The molecule has 0 aromatic heterocycles. The van der Waals surface area contributed by atoms with E-state index in [1.165, 1.54) is 12.8 Å². The van der Waals surface area contributed by atoms with Crippen molar-refractivity contribution in [3.05, 3.63) is 38.9 Å². The van der Waals surface area contributed by atoms with Gasteiger partial charge >= 0.3 is 0 Å². The highest BCUT2D eigenvalue weighted by Gasteiger charge is 2.29. The Morgan fingerprint density at radius 1 is 1.35 bits per heavy atom. The number of fused-ring (bicyclic) bond motifs is 2. The lowest BCUT2D eigenvalue weighted by atomic mass is 10.1. The first-order valence-electron chi connectivity index (χ1n) is 7.03. The minimum Gasteiger partial charge on any atom is -0.310 e. The summed E-state index contributed by atoms with van der Waals surface area (Å²) in [5.41, 5.74) is 0.956. The van der Waals surface area contributed by atoms with Crippen molar-refractivity contribution in [2.24, 2.45) is 0 Å². The van der Waals surface area contributed by atoms with E-state index in [2.05, 4.69) is 10.2 Å². The van der Waals surface area contributed by atoms with Gasteiger partial charge in [-0.1, -0.05) is 17.7 Å². The first-order valence-corrected chi connectivity index (χ1v) is 7.41. The molecule has 0 aliphatic carbocycles. The summed E-state index contributed by atoms with van der Waals surface area (Å²) >= 11 is 5.85. The van der Waals surface area contributed by atoms with Gasteiger partial charge in [0.25, 0.3) is 5.69 Å². The lowest BCUT2D eigenvalue weighted by Gasteiger charge is -2.23. The number of hydrogen-bond acceptors (Lipinski definition) is 4. The van der Waals surface area contributed by atoms with Crippen molar-refractivity contribution in [1.29, 1.82) is 0 Å². The third-order valence-corrected chi connectivity index (χ3v) is 4.54. The highest BCUT2D eigenvalue weighted by Crippen LogP contribution is 2.27. The van der Waals surface area contributed by atoms with Gasteiger partial charge in [0.05, 0.1) is 4.92 Å². The molecule has 0 radical (unpaired) electrons. The van der Waals surface area contributed by atoms with Gasteiger partial charge in [-0.3, -0.25) is 15.0 Å². The minimum atomic E-state index is -0.419. The molecule has 3 rings (SSSR count). The van der Waals surface area contributed by atoms with Crippen LogP contribution in [0.3, 0.4) is 0 Å². The third-order valence-electron chi connectivity index (χ3n) is 4.22. The maximum absolute atomic E-state index is 10.9. The van der Waals surface area contributed by atoms with Gasteiger partial charge in [0.2, 0.25) is 0 Å². The Kier molecular flexibility index (Phi) is 3.92. The zero-order valence-corrected chi connectivity index (χ0v) is 12.0. The van der Waals surface area contributed by atoms with Gasteiger partial charge in [-0.05, 0) is 30.9 Å². The Labute approximate surface area is 123 Å². The number of halogens is 1. The van der Waals surface area contributed by atoms with E-state index in [4.69, 9.17) is 11.6 Å². The van der Waals surface area contributed by atoms with E-state index >= 15 is 0 Å². The first kappa shape index (κ1) is 13.8. The average molecular weight is 296 g/mol. The van der Waals surface area contributed by atoms with Crippen LogP contribution in [0.15, 0.2) is 18.2 Å². The molecule has 2 atom stereocenters. The first-order chi connectivity index (χ1) is 9.61. The fourth-order valence-corrected chi connectivity index (χ4v) is 3.40. The van der Waals surface area contributed by atoms with Crippen LogP contribution < -0.4 is 5.32 Å². The van der Waals surface area contributed by atoms with Crippen molar-refractivity contribution >= 4 is 17.3 Å². The van der Waals surface area contributed by atoms with E-state index in [1.807, 2.05) is 6.07 Å². The monoisotopic (exact) mass is 295 g/mol. The molecule has 1 aromatic carbocycles. The molecule has 2 heterocycles. The normalized spacial score (nSPS) is 26.4. The smallest absolute Gasteiger partial charge is 0.288 e. The molecular weight excluding hydrogens is 278 g/mol. The highest BCUT2D eigenvalue weighted by atomic mass is 35.5. The molecule has 2 aliphatic rings. The summed E-state index contributed by atoms with van der Waals surface area (Å²) < 4.78 is 0. The molecule has 0 spiro atoms. The Balaban J connectivity index is 1.71. The second-order valence-corrected chi connectivity index (χ2v) is 6.11. The summed E-state index contributed by atoms with van der Waals surface area (Å²) in [4.78, 5) is 12.9. The quantitative estimate of drug-likeness (QED) is 0.688. The second-order valence-electron chi connectivity index (χ2n) is 5.70. The fraction of sp³-hybridized carbons (Fsp3) is 0.571. The van der Waals surface area contributed by atoms with Gasteiger partial charge in [0.15, 0.2) is 0 Å². The molecule has 20 heavy (non-hydrogen) atoms. The SMILES string of the molecule is O=[N+]([O-])c1cc(CN2CCC3CCC(C2)N3)ccc1Cl. The van der Waals surface area contributed by atoms with Crippen LogP contribution in [0.4, 0.5) is 5.69 Å². The molecule has 2 bridgehead atoms. The Hall–Kier alpha value is -1.17. The maximum Gasteiger partial charge on any atom is 0.288 e. The van der Waals surface area contributed by atoms with E-state index in [0.717, 1.165) is 31.6 Å². The Morgan fingerprint density at radius 3 is 2.95 bits per heavy atom. The van der Waals surface area contributed by atoms with E-state index in [0.29, 0.717) is 12.1 Å². The Morgan fingerprint density at radius 2 is 2.15 bits per heavy atom. The van der Waals surface area contributed by atoms with Gasteiger partial charge in [0.1, 0.15) is 5.02 Å². The number of likely N-dealkylation sites (tertiary alicyclic amines) is 1. The van der Waals surface area contributed by atoms with Gasteiger partial charge < -0.3 is 5.32 Å². The summed E-state index contributed by atoms with van der Waals surface area (Å²) in [7, 11) is 0. The van der Waals surface area contributed by atoms with Crippen LogP contribution in [-0.2, 0) is 6.54 Å². The lowest BCUT2D eigenvalue weighted by Crippen LogP contribution is -2.34. The standard InChI is InChI=1S/C14H18ClN3O2/c15-13-4-1-10(7-14(13)18(19)20)8-17-6-5-11-2-3-12(9-17)16-11/h1,4,7,11-12,16H,2-3,5-6,8-9H2. The molecule has 2 saturated heterocycles. The van der Waals surface area contributed by atoms with E-state index in [1.54, 1.807) is 12.1 Å². The van der Waals surface area contributed by atoms with Crippen LogP contribution >= 0.6 is 11.6 Å². The molecule has 1 N–H and O–H groups in total. The second kappa shape index (κ2) is 5.68. The Bertz CT molecular complexity index is 523. The number of nitrogens with one attached hydrogen (secondary N) is 1. The van der Waals surface area contributed by atoms with Crippen LogP contribution in [0.25, 0.3) is 0 Å². The fourth-order valence-electron chi connectivity index (χ4n) is 3.21. The highest BCUT2D eigenvalue weighted by molar-refractivity contribution is 6.32. The van der Waals surface area contributed by atoms with E-state index in [9.17, 15) is 10.1 Å². The van der Waals surface area contributed by atoms with Gasteiger partial charge in [-0.25, -0.2) is 0 Å². The van der Waals surface area contributed by atoms with Gasteiger partial charge in [-0.15, -0.1) is 0 Å². The zero-order valence-electron chi connectivity index (χ0n) is 11.2. The number of nitrogens with zero attached hydrogens (tertiary/aromatic N) is 2. The number of nitro groups is 1.